The van der Waals surface area contributed by atoms with Crippen LogP contribution in [0.3, 0.4) is 0 Å². The molecular weight excluding hydrogens is 328 g/mol. The number of Topliss-reactive ketones (excluding diaryl/α,β-unsaturated/α-hetero) is 2. The van der Waals surface area contributed by atoms with Crippen LogP contribution < -0.4 is 9.47 Å². The number of carbonyl (C=O) groups excluding carboxylic acids is 2. The first kappa shape index (κ1) is 19.7. The summed E-state index contributed by atoms with van der Waals surface area (Å²) < 4.78 is 11.3. The van der Waals surface area contributed by atoms with Gasteiger partial charge in [-0.3, -0.25) is 4.79 Å². The highest BCUT2D eigenvalue weighted by molar-refractivity contribution is 5.97. The Morgan fingerprint density at radius 3 is 1.81 bits per heavy atom. The van der Waals surface area contributed by atoms with E-state index in [0.29, 0.717) is 30.9 Å². The van der Waals surface area contributed by atoms with Crippen LogP contribution >= 0.6 is 0 Å². The minimum Gasteiger partial charge on any atom is -0.490 e. The molecule has 0 saturated heterocycles. The SMILES string of the molecule is CC(=O)CCc1ccc(OCCOc2ccc(C(=O)C(C)C)cc2)cc1. The Bertz CT molecular complexity index is 715. The molecule has 0 fully saturated rings. The number of hydrogen-bond acceptors (Lipinski definition) is 4. The van der Waals surface area contributed by atoms with Gasteiger partial charge in [0.1, 0.15) is 30.5 Å². The molecule has 0 bridgehead atoms. The van der Waals surface area contributed by atoms with Crippen LogP contribution in [0.2, 0.25) is 0 Å². The third kappa shape index (κ3) is 6.36. The summed E-state index contributed by atoms with van der Waals surface area (Å²) in [5.41, 5.74) is 1.83. The molecule has 0 radical (unpaired) electrons. The lowest BCUT2D eigenvalue weighted by Crippen LogP contribution is -2.10. The van der Waals surface area contributed by atoms with E-state index in [9.17, 15) is 9.59 Å². The average molecular weight is 354 g/mol. The molecule has 2 rings (SSSR count). The summed E-state index contributed by atoms with van der Waals surface area (Å²) in [4.78, 5) is 22.9. The third-order valence-corrected chi connectivity index (χ3v) is 3.97. The van der Waals surface area contributed by atoms with Crippen molar-refractivity contribution in [2.75, 3.05) is 13.2 Å². The lowest BCUT2D eigenvalue weighted by molar-refractivity contribution is -0.116. The van der Waals surface area contributed by atoms with Crippen LogP contribution in [0.1, 0.15) is 43.1 Å². The molecule has 26 heavy (non-hydrogen) atoms. The van der Waals surface area contributed by atoms with Gasteiger partial charge in [0.25, 0.3) is 0 Å². The van der Waals surface area contributed by atoms with Crippen molar-refractivity contribution in [3.63, 3.8) is 0 Å². The van der Waals surface area contributed by atoms with Crippen LogP contribution in [-0.2, 0) is 11.2 Å². The summed E-state index contributed by atoms with van der Waals surface area (Å²) in [6.45, 7) is 6.23. The zero-order valence-electron chi connectivity index (χ0n) is 15.7. The molecule has 2 aromatic carbocycles. The summed E-state index contributed by atoms with van der Waals surface area (Å²) >= 11 is 0. The molecule has 0 atom stereocenters. The molecule has 0 aliphatic heterocycles. The maximum Gasteiger partial charge on any atom is 0.165 e. The molecule has 4 heteroatoms. The van der Waals surface area contributed by atoms with Gasteiger partial charge in [0.15, 0.2) is 5.78 Å². The third-order valence-electron chi connectivity index (χ3n) is 3.97. The van der Waals surface area contributed by atoms with Gasteiger partial charge >= 0.3 is 0 Å². The van der Waals surface area contributed by atoms with Crippen LogP contribution in [-0.4, -0.2) is 24.8 Å². The van der Waals surface area contributed by atoms with Crippen LogP contribution in [0.15, 0.2) is 48.5 Å². The van der Waals surface area contributed by atoms with E-state index < -0.39 is 0 Å². The number of ether oxygens (including phenoxy) is 2. The minimum absolute atomic E-state index is 0.0102. The second-order valence-corrected chi connectivity index (χ2v) is 6.59. The van der Waals surface area contributed by atoms with Gasteiger partial charge in [-0.25, -0.2) is 0 Å². The highest BCUT2D eigenvalue weighted by Gasteiger charge is 2.09. The van der Waals surface area contributed by atoms with Crippen LogP contribution in [0.5, 0.6) is 11.5 Å². The highest BCUT2D eigenvalue weighted by Crippen LogP contribution is 2.16. The lowest BCUT2D eigenvalue weighted by Gasteiger charge is -2.10. The quantitative estimate of drug-likeness (QED) is 0.465. The standard InChI is InChI=1S/C22H26O4/c1-16(2)22(24)19-8-12-21(13-9-19)26-15-14-25-20-10-6-18(7-11-20)5-4-17(3)23/h6-13,16H,4-5,14-15H2,1-3H3. The van der Waals surface area contributed by atoms with E-state index in [1.807, 2.05) is 38.1 Å². The fraction of sp³-hybridized carbons (Fsp3) is 0.364. The van der Waals surface area contributed by atoms with Gasteiger partial charge in [-0.1, -0.05) is 26.0 Å². The minimum atomic E-state index is -0.0102. The van der Waals surface area contributed by atoms with Crippen molar-refractivity contribution in [3.05, 3.63) is 59.7 Å². The largest absolute Gasteiger partial charge is 0.490 e. The van der Waals surface area contributed by atoms with Crippen molar-refractivity contribution in [3.8, 4) is 11.5 Å². The van der Waals surface area contributed by atoms with E-state index in [1.54, 1.807) is 31.2 Å². The average Bonchev–Trinajstić information content (AvgIpc) is 2.64. The zero-order valence-corrected chi connectivity index (χ0v) is 15.7. The first-order chi connectivity index (χ1) is 12.5. The second-order valence-electron chi connectivity index (χ2n) is 6.59. The van der Waals surface area contributed by atoms with E-state index in [2.05, 4.69) is 0 Å². The summed E-state index contributed by atoms with van der Waals surface area (Å²) in [5.74, 6) is 1.81. The van der Waals surface area contributed by atoms with Crippen molar-refractivity contribution >= 4 is 11.6 Å². The molecule has 0 heterocycles. The number of benzene rings is 2. The molecule has 0 spiro atoms. The van der Waals surface area contributed by atoms with Gasteiger partial charge in [0, 0.05) is 17.9 Å². The predicted octanol–water partition coefficient (Wildman–Crippen LogP) is 4.50. The van der Waals surface area contributed by atoms with Crippen LogP contribution in [0.4, 0.5) is 0 Å². The Morgan fingerprint density at radius 1 is 0.846 bits per heavy atom. The Kier molecular flexibility index (Phi) is 7.39. The van der Waals surface area contributed by atoms with E-state index >= 15 is 0 Å². The van der Waals surface area contributed by atoms with E-state index in [0.717, 1.165) is 17.7 Å². The molecule has 0 N–H and O–H groups in total. The molecule has 4 nitrogen and oxygen atoms in total. The molecular formula is C22H26O4. The molecule has 0 unspecified atom stereocenters. The Hall–Kier alpha value is -2.62. The maximum atomic E-state index is 11.9. The Labute approximate surface area is 155 Å². The number of hydrogen-bond donors (Lipinski definition) is 0. The van der Waals surface area contributed by atoms with Gasteiger partial charge in [0.2, 0.25) is 0 Å². The number of aryl methyl sites for hydroxylation is 1. The molecule has 2 aromatic rings. The summed E-state index contributed by atoms with van der Waals surface area (Å²) in [6, 6.07) is 15.0. The van der Waals surface area contributed by atoms with Gasteiger partial charge in [-0.15, -0.1) is 0 Å². The molecule has 0 aromatic heterocycles. The molecule has 0 aliphatic carbocycles. The van der Waals surface area contributed by atoms with Crippen LogP contribution in [0, 0.1) is 5.92 Å². The smallest absolute Gasteiger partial charge is 0.165 e. The summed E-state index contributed by atoms with van der Waals surface area (Å²) in [5, 5.41) is 0. The number of rotatable bonds is 10. The van der Waals surface area contributed by atoms with Crippen LogP contribution in [0.25, 0.3) is 0 Å². The van der Waals surface area contributed by atoms with Gasteiger partial charge in [-0.2, -0.15) is 0 Å². The first-order valence-corrected chi connectivity index (χ1v) is 8.94. The summed E-state index contributed by atoms with van der Waals surface area (Å²) in [7, 11) is 0. The zero-order chi connectivity index (χ0) is 18.9. The van der Waals surface area contributed by atoms with Gasteiger partial charge in [0.05, 0.1) is 0 Å². The van der Waals surface area contributed by atoms with Crippen molar-refractivity contribution in [2.24, 2.45) is 5.92 Å². The topological polar surface area (TPSA) is 52.6 Å². The fourth-order valence-corrected chi connectivity index (χ4v) is 2.44. The van der Waals surface area contributed by atoms with Crippen molar-refractivity contribution < 1.29 is 19.1 Å². The number of ketones is 2. The fourth-order valence-electron chi connectivity index (χ4n) is 2.44. The summed E-state index contributed by atoms with van der Waals surface area (Å²) in [6.07, 6.45) is 1.32. The van der Waals surface area contributed by atoms with E-state index in [1.165, 1.54) is 0 Å². The first-order valence-electron chi connectivity index (χ1n) is 8.94. The molecule has 0 saturated carbocycles. The highest BCUT2D eigenvalue weighted by atomic mass is 16.5. The van der Waals surface area contributed by atoms with Crippen molar-refractivity contribution in [1.82, 2.24) is 0 Å². The second kappa shape index (κ2) is 9.76. The molecule has 0 amide bonds. The van der Waals surface area contributed by atoms with Crippen molar-refractivity contribution in [1.29, 1.82) is 0 Å². The van der Waals surface area contributed by atoms with Gasteiger partial charge in [-0.05, 0) is 55.3 Å². The maximum absolute atomic E-state index is 11.9. The lowest BCUT2D eigenvalue weighted by atomic mass is 10.0. The van der Waals surface area contributed by atoms with Crippen molar-refractivity contribution in [2.45, 2.75) is 33.6 Å². The Balaban J connectivity index is 1.73. The normalized spacial score (nSPS) is 10.6. The van der Waals surface area contributed by atoms with E-state index in [4.69, 9.17) is 9.47 Å². The monoisotopic (exact) mass is 354 g/mol. The molecule has 0 aliphatic rings. The Morgan fingerprint density at radius 2 is 1.35 bits per heavy atom. The predicted molar refractivity (Wildman–Crippen MR) is 102 cm³/mol. The molecule has 138 valence electrons. The number of carbonyl (C=O) groups is 2. The van der Waals surface area contributed by atoms with Gasteiger partial charge < -0.3 is 14.3 Å². The van der Waals surface area contributed by atoms with E-state index in [-0.39, 0.29) is 17.5 Å².